The van der Waals surface area contributed by atoms with Gasteiger partial charge in [-0.05, 0) is 65.7 Å². The molecule has 3 aromatic rings. The van der Waals surface area contributed by atoms with E-state index in [1.54, 1.807) is 0 Å². The molecule has 1 atom stereocenters. The van der Waals surface area contributed by atoms with Crippen molar-refractivity contribution in [1.29, 1.82) is 0 Å². The Bertz CT molecular complexity index is 1120. The molecule has 1 aliphatic rings. The standard InChI is InChI=1S/C25H32N4O2S/c1-16-20-15-21(32-24(20)29(27-16)19-13-7-6-8-14-19)23(31)28(18-11-9-10-12-18)17(2)22(30)26-25(3,4)5/h6-8,13-15,17-18H,9-12H2,1-5H3,(H,26,30). The molecule has 0 radical (unpaired) electrons. The Labute approximate surface area is 193 Å². The van der Waals surface area contributed by atoms with Crippen LogP contribution < -0.4 is 5.32 Å². The normalized spacial score (nSPS) is 15.8. The fourth-order valence-corrected chi connectivity index (χ4v) is 5.59. The molecular formula is C25H32N4O2S. The third kappa shape index (κ3) is 4.44. The van der Waals surface area contributed by atoms with Crippen molar-refractivity contribution in [3.8, 4) is 5.69 Å². The topological polar surface area (TPSA) is 67.2 Å². The fraction of sp³-hybridized carbons (Fsp3) is 0.480. The van der Waals surface area contributed by atoms with E-state index in [0.717, 1.165) is 47.3 Å². The van der Waals surface area contributed by atoms with Crippen molar-refractivity contribution in [2.45, 2.75) is 77.9 Å². The summed E-state index contributed by atoms with van der Waals surface area (Å²) in [7, 11) is 0. The Kier molecular flexibility index (Phi) is 6.12. The highest BCUT2D eigenvalue weighted by molar-refractivity contribution is 7.20. The van der Waals surface area contributed by atoms with E-state index < -0.39 is 6.04 Å². The summed E-state index contributed by atoms with van der Waals surface area (Å²) in [6, 6.07) is 11.5. The second kappa shape index (κ2) is 8.70. The van der Waals surface area contributed by atoms with Crippen molar-refractivity contribution < 1.29 is 9.59 Å². The van der Waals surface area contributed by atoms with E-state index in [0.29, 0.717) is 4.88 Å². The molecular weight excluding hydrogens is 420 g/mol. The van der Waals surface area contributed by atoms with Gasteiger partial charge in [0.05, 0.1) is 16.3 Å². The van der Waals surface area contributed by atoms with Crippen LogP contribution in [0, 0.1) is 6.92 Å². The second-order valence-electron chi connectivity index (χ2n) is 9.73. The third-order valence-electron chi connectivity index (χ3n) is 6.00. The van der Waals surface area contributed by atoms with E-state index in [-0.39, 0.29) is 23.4 Å². The molecule has 2 amide bonds. The monoisotopic (exact) mass is 452 g/mol. The second-order valence-corrected chi connectivity index (χ2v) is 10.8. The van der Waals surface area contributed by atoms with Crippen LogP contribution in [0.15, 0.2) is 36.4 Å². The summed E-state index contributed by atoms with van der Waals surface area (Å²) in [5.74, 6) is -0.167. The SMILES string of the molecule is Cc1nn(-c2ccccc2)c2sc(C(=O)N(C3CCCC3)C(C)C(=O)NC(C)(C)C)cc12. The number of aromatic nitrogens is 2. The van der Waals surface area contributed by atoms with Gasteiger partial charge in [0, 0.05) is 17.0 Å². The van der Waals surface area contributed by atoms with E-state index in [2.05, 4.69) is 10.4 Å². The lowest BCUT2D eigenvalue weighted by molar-refractivity contribution is -0.127. The summed E-state index contributed by atoms with van der Waals surface area (Å²) in [6.07, 6.45) is 4.08. The Morgan fingerprint density at radius 3 is 2.47 bits per heavy atom. The lowest BCUT2D eigenvalue weighted by atomic mass is 10.1. The molecule has 7 heteroatoms. The predicted molar refractivity (Wildman–Crippen MR) is 129 cm³/mol. The van der Waals surface area contributed by atoms with Crippen molar-refractivity contribution in [2.75, 3.05) is 0 Å². The maximum Gasteiger partial charge on any atom is 0.264 e. The van der Waals surface area contributed by atoms with Crippen LogP contribution >= 0.6 is 11.3 Å². The maximum atomic E-state index is 13.8. The summed E-state index contributed by atoms with van der Waals surface area (Å²) >= 11 is 1.45. The highest BCUT2D eigenvalue weighted by Crippen LogP contribution is 2.33. The zero-order valence-electron chi connectivity index (χ0n) is 19.5. The van der Waals surface area contributed by atoms with Gasteiger partial charge in [-0.1, -0.05) is 31.0 Å². The molecule has 1 saturated carbocycles. The number of fused-ring (bicyclic) bond motifs is 1. The number of nitrogens with one attached hydrogen (secondary N) is 1. The highest BCUT2D eigenvalue weighted by atomic mass is 32.1. The van der Waals surface area contributed by atoms with Gasteiger partial charge in [0.25, 0.3) is 5.91 Å². The van der Waals surface area contributed by atoms with Gasteiger partial charge in [0.2, 0.25) is 5.91 Å². The van der Waals surface area contributed by atoms with Gasteiger partial charge in [-0.2, -0.15) is 5.10 Å². The first kappa shape index (κ1) is 22.5. The Hall–Kier alpha value is -2.67. The average molecular weight is 453 g/mol. The smallest absolute Gasteiger partial charge is 0.264 e. The molecule has 1 aromatic carbocycles. The number of thiophene rings is 1. The largest absolute Gasteiger partial charge is 0.350 e. The van der Waals surface area contributed by atoms with E-state index in [1.165, 1.54) is 11.3 Å². The Morgan fingerprint density at radius 1 is 1.19 bits per heavy atom. The number of benzene rings is 1. The number of nitrogens with zero attached hydrogens (tertiary/aromatic N) is 3. The summed E-state index contributed by atoms with van der Waals surface area (Å²) < 4.78 is 1.90. The first-order chi connectivity index (χ1) is 15.2. The zero-order valence-corrected chi connectivity index (χ0v) is 20.3. The van der Waals surface area contributed by atoms with Gasteiger partial charge in [-0.3, -0.25) is 9.59 Å². The van der Waals surface area contributed by atoms with E-state index in [9.17, 15) is 9.59 Å². The number of hydrogen-bond acceptors (Lipinski definition) is 4. The van der Waals surface area contributed by atoms with E-state index >= 15 is 0 Å². The minimum Gasteiger partial charge on any atom is -0.350 e. The molecule has 32 heavy (non-hydrogen) atoms. The number of carbonyl (C=O) groups is 2. The summed E-state index contributed by atoms with van der Waals surface area (Å²) in [4.78, 5) is 30.2. The quantitative estimate of drug-likeness (QED) is 0.587. The Morgan fingerprint density at radius 2 is 1.84 bits per heavy atom. The summed E-state index contributed by atoms with van der Waals surface area (Å²) in [5, 5.41) is 8.72. The van der Waals surface area contributed by atoms with Crippen LogP contribution in [0.25, 0.3) is 15.9 Å². The lowest BCUT2D eigenvalue weighted by Crippen LogP contribution is -2.55. The van der Waals surface area contributed by atoms with Crippen molar-refractivity contribution in [3.05, 3.63) is 47.0 Å². The summed E-state index contributed by atoms with van der Waals surface area (Å²) in [5.41, 5.74) is 1.52. The van der Waals surface area contributed by atoms with Crippen LogP contribution in [-0.4, -0.2) is 44.1 Å². The van der Waals surface area contributed by atoms with Crippen molar-refractivity contribution in [1.82, 2.24) is 20.0 Å². The summed E-state index contributed by atoms with van der Waals surface area (Å²) in [6.45, 7) is 9.70. The molecule has 1 aliphatic carbocycles. The van der Waals surface area contributed by atoms with Gasteiger partial charge in [-0.25, -0.2) is 4.68 Å². The van der Waals surface area contributed by atoms with Crippen LogP contribution in [0.1, 0.15) is 68.7 Å². The molecule has 2 aromatic heterocycles. The zero-order chi connectivity index (χ0) is 23.0. The number of rotatable bonds is 5. The number of hydrogen-bond donors (Lipinski definition) is 1. The average Bonchev–Trinajstić information content (AvgIpc) is 3.46. The van der Waals surface area contributed by atoms with E-state index in [4.69, 9.17) is 0 Å². The van der Waals surface area contributed by atoms with Gasteiger partial charge in [0.15, 0.2) is 0 Å². The molecule has 0 bridgehead atoms. The van der Waals surface area contributed by atoms with Crippen molar-refractivity contribution in [2.24, 2.45) is 0 Å². The molecule has 1 fully saturated rings. The fourth-order valence-electron chi connectivity index (χ4n) is 4.46. The molecule has 0 saturated heterocycles. The van der Waals surface area contributed by atoms with Crippen LogP contribution in [-0.2, 0) is 4.79 Å². The van der Waals surface area contributed by atoms with Gasteiger partial charge in [-0.15, -0.1) is 11.3 Å². The molecule has 4 rings (SSSR count). The molecule has 2 heterocycles. The van der Waals surface area contributed by atoms with Gasteiger partial charge in [0.1, 0.15) is 10.9 Å². The van der Waals surface area contributed by atoms with Gasteiger partial charge >= 0.3 is 0 Å². The van der Waals surface area contributed by atoms with Gasteiger partial charge < -0.3 is 10.2 Å². The number of aryl methyl sites for hydroxylation is 1. The van der Waals surface area contributed by atoms with Crippen LogP contribution in [0.2, 0.25) is 0 Å². The number of para-hydroxylation sites is 1. The Balaban J connectivity index is 1.70. The molecule has 0 aliphatic heterocycles. The number of amides is 2. The van der Waals surface area contributed by atoms with Crippen LogP contribution in [0.5, 0.6) is 0 Å². The first-order valence-electron chi connectivity index (χ1n) is 11.3. The van der Waals surface area contributed by atoms with Crippen molar-refractivity contribution >= 4 is 33.4 Å². The first-order valence-corrected chi connectivity index (χ1v) is 12.2. The third-order valence-corrected chi connectivity index (χ3v) is 7.10. The molecule has 6 nitrogen and oxygen atoms in total. The minimum atomic E-state index is -0.526. The number of carbonyl (C=O) groups excluding carboxylic acids is 2. The maximum absolute atomic E-state index is 13.8. The molecule has 170 valence electrons. The van der Waals surface area contributed by atoms with Crippen LogP contribution in [0.3, 0.4) is 0 Å². The minimum absolute atomic E-state index is 0.0614. The predicted octanol–water partition coefficient (Wildman–Crippen LogP) is 5.08. The molecule has 0 spiro atoms. The molecule has 1 unspecified atom stereocenters. The lowest BCUT2D eigenvalue weighted by Gasteiger charge is -2.35. The highest BCUT2D eigenvalue weighted by Gasteiger charge is 2.36. The van der Waals surface area contributed by atoms with Crippen molar-refractivity contribution in [3.63, 3.8) is 0 Å². The van der Waals surface area contributed by atoms with E-state index in [1.807, 2.05) is 80.6 Å². The molecule has 1 N–H and O–H groups in total. The van der Waals surface area contributed by atoms with Crippen LogP contribution in [0.4, 0.5) is 0 Å².